The van der Waals surface area contributed by atoms with Gasteiger partial charge in [0, 0.05) is 12.8 Å². The van der Waals surface area contributed by atoms with Crippen LogP contribution in [0.3, 0.4) is 0 Å². The third-order valence-electron chi connectivity index (χ3n) is 4.00. The minimum atomic E-state index is -4.20. The maximum absolute atomic E-state index is 12.0. The zero-order chi connectivity index (χ0) is 22.3. The molecule has 0 heterocycles. The molecule has 0 aromatic carbocycles. The second-order valence-electron chi connectivity index (χ2n) is 7.04. The summed E-state index contributed by atoms with van der Waals surface area (Å²) in [5.41, 5.74) is -1.09. The van der Waals surface area contributed by atoms with Crippen molar-refractivity contribution in [2.24, 2.45) is 0 Å². The van der Waals surface area contributed by atoms with Gasteiger partial charge in [0.15, 0.2) is 0 Å². The van der Waals surface area contributed by atoms with Crippen LogP contribution in [0.5, 0.6) is 0 Å². The number of aliphatic hydroxyl groups is 3. The quantitative estimate of drug-likeness (QED) is 0.251. The summed E-state index contributed by atoms with van der Waals surface area (Å²) in [5, 5.41) is 38.1. The summed E-state index contributed by atoms with van der Waals surface area (Å²) in [4.78, 5) is 10.5. The Balaban J connectivity index is 4.14. The smallest absolute Gasteiger partial charge is 0.389 e. The van der Waals surface area contributed by atoms with Crippen LogP contribution in [0.2, 0.25) is 0 Å². The number of unbranched alkanes of at least 4 members (excludes halogenated alkanes) is 1. The number of aliphatic carboxylic acids is 1. The summed E-state index contributed by atoms with van der Waals surface area (Å²) in [5.74, 6) is -0.901. The number of aliphatic hydroxyl groups excluding tert-OH is 2. The first kappa shape index (κ1) is 27.1. The molecular formula is C21H31F3O5. The van der Waals surface area contributed by atoms with Crippen molar-refractivity contribution in [2.75, 3.05) is 0 Å². The fraction of sp³-hybridized carbons (Fsp3) is 0.571. The Labute approximate surface area is 169 Å². The van der Waals surface area contributed by atoms with Gasteiger partial charge in [-0.05, 0) is 32.6 Å². The number of carbonyl (C=O) groups is 1. The van der Waals surface area contributed by atoms with E-state index < -0.39 is 36.4 Å². The molecule has 0 saturated carbocycles. The highest BCUT2D eigenvalue weighted by molar-refractivity contribution is 5.66. The molecule has 3 unspecified atom stereocenters. The van der Waals surface area contributed by atoms with E-state index in [2.05, 4.69) is 0 Å². The van der Waals surface area contributed by atoms with Crippen LogP contribution in [0.25, 0.3) is 0 Å². The van der Waals surface area contributed by atoms with Crippen LogP contribution in [0.1, 0.15) is 51.9 Å². The molecule has 0 bridgehead atoms. The van der Waals surface area contributed by atoms with Crippen molar-refractivity contribution in [3.05, 3.63) is 48.6 Å². The van der Waals surface area contributed by atoms with Crippen molar-refractivity contribution in [1.29, 1.82) is 0 Å². The van der Waals surface area contributed by atoms with Crippen LogP contribution >= 0.6 is 0 Å². The van der Waals surface area contributed by atoms with Crippen molar-refractivity contribution in [1.82, 2.24) is 0 Å². The number of halogens is 3. The molecule has 0 aliphatic rings. The van der Waals surface area contributed by atoms with E-state index in [1.807, 2.05) is 0 Å². The Kier molecular flexibility index (Phi) is 13.2. The molecule has 166 valence electrons. The van der Waals surface area contributed by atoms with Crippen molar-refractivity contribution in [3.63, 3.8) is 0 Å². The average molecular weight is 420 g/mol. The maximum atomic E-state index is 12.0. The number of rotatable bonds is 14. The SMILES string of the molecule is CC(O)(/C=C/C=C/C=C/C=C/C(O)C(O)CCCCC(F)(F)F)CCCC(=O)O. The van der Waals surface area contributed by atoms with E-state index in [0.29, 0.717) is 12.8 Å². The molecule has 0 radical (unpaired) electrons. The van der Waals surface area contributed by atoms with E-state index in [-0.39, 0.29) is 25.7 Å². The summed E-state index contributed by atoms with van der Waals surface area (Å²) in [6.07, 6.45) is 6.18. The lowest BCUT2D eigenvalue weighted by Gasteiger charge is -2.17. The number of hydrogen-bond acceptors (Lipinski definition) is 4. The number of alkyl halides is 3. The molecular weight excluding hydrogens is 389 g/mol. The number of hydrogen-bond donors (Lipinski definition) is 4. The van der Waals surface area contributed by atoms with E-state index in [9.17, 15) is 33.3 Å². The van der Waals surface area contributed by atoms with Crippen LogP contribution in [-0.4, -0.2) is 50.4 Å². The molecule has 0 aliphatic heterocycles. The Morgan fingerprint density at radius 1 is 0.931 bits per heavy atom. The number of carboxylic acids is 1. The molecule has 0 aromatic heterocycles. The largest absolute Gasteiger partial charge is 0.481 e. The van der Waals surface area contributed by atoms with Gasteiger partial charge in [-0.2, -0.15) is 13.2 Å². The van der Waals surface area contributed by atoms with Crippen LogP contribution in [-0.2, 0) is 4.79 Å². The molecule has 0 rings (SSSR count). The fourth-order valence-corrected chi connectivity index (χ4v) is 2.36. The predicted molar refractivity (Wildman–Crippen MR) is 105 cm³/mol. The first-order valence-corrected chi connectivity index (χ1v) is 9.49. The molecule has 3 atom stereocenters. The highest BCUT2D eigenvalue weighted by Gasteiger charge is 2.26. The zero-order valence-electron chi connectivity index (χ0n) is 16.6. The summed E-state index contributed by atoms with van der Waals surface area (Å²) < 4.78 is 36.1. The van der Waals surface area contributed by atoms with Crippen molar-refractivity contribution in [2.45, 2.75) is 75.9 Å². The van der Waals surface area contributed by atoms with Gasteiger partial charge in [-0.25, -0.2) is 0 Å². The van der Waals surface area contributed by atoms with Gasteiger partial charge in [-0.3, -0.25) is 4.79 Å². The Bertz CT molecular complexity index is 577. The molecule has 0 saturated heterocycles. The van der Waals surface area contributed by atoms with Crippen LogP contribution in [0, 0.1) is 0 Å². The first-order valence-electron chi connectivity index (χ1n) is 9.49. The summed E-state index contributed by atoms with van der Waals surface area (Å²) in [6.45, 7) is 1.59. The summed E-state index contributed by atoms with van der Waals surface area (Å²) in [6, 6.07) is 0. The van der Waals surface area contributed by atoms with Crippen LogP contribution in [0.4, 0.5) is 13.2 Å². The van der Waals surface area contributed by atoms with Crippen molar-refractivity contribution >= 4 is 5.97 Å². The standard InChI is InChI=1S/C21H31F3O5/c1-20(29,15-10-13-19(27)28)14-8-5-3-2-4-6-11-17(25)18(26)12-7-9-16-21(22,23)24/h2-6,8,11,14,17-18,25-26,29H,7,9-10,12-13,15-16H2,1H3,(H,27,28)/b4-2+,5-3+,11-6+,14-8+. The Morgan fingerprint density at radius 2 is 1.52 bits per heavy atom. The molecule has 0 aromatic rings. The average Bonchev–Trinajstić information content (AvgIpc) is 2.59. The molecule has 5 nitrogen and oxygen atoms in total. The fourth-order valence-electron chi connectivity index (χ4n) is 2.36. The third-order valence-corrected chi connectivity index (χ3v) is 4.00. The van der Waals surface area contributed by atoms with E-state index in [4.69, 9.17) is 5.11 Å². The van der Waals surface area contributed by atoms with Gasteiger partial charge in [-0.15, -0.1) is 0 Å². The van der Waals surface area contributed by atoms with Crippen molar-refractivity contribution < 1.29 is 38.4 Å². The molecule has 29 heavy (non-hydrogen) atoms. The zero-order valence-corrected chi connectivity index (χ0v) is 16.6. The third kappa shape index (κ3) is 17.9. The van der Waals surface area contributed by atoms with Gasteiger partial charge < -0.3 is 20.4 Å². The number of carboxylic acid groups (broad SMARTS) is 1. The normalized spacial score (nSPS) is 17.5. The van der Waals surface area contributed by atoms with Gasteiger partial charge in [-0.1, -0.05) is 55.0 Å². The topological polar surface area (TPSA) is 98.0 Å². The molecule has 0 aliphatic carbocycles. The second-order valence-corrected chi connectivity index (χ2v) is 7.04. The van der Waals surface area contributed by atoms with E-state index in [1.165, 1.54) is 12.2 Å². The van der Waals surface area contributed by atoms with E-state index in [1.54, 1.807) is 43.4 Å². The lowest BCUT2D eigenvalue weighted by atomic mass is 9.98. The molecule has 0 spiro atoms. The molecule has 0 amide bonds. The maximum Gasteiger partial charge on any atom is 0.389 e. The van der Waals surface area contributed by atoms with Crippen LogP contribution in [0.15, 0.2) is 48.6 Å². The summed E-state index contributed by atoms with van der Waals surface area (Å²) >= 11 is 0. The molecule has 8 heteroatoms. The van der Waals surface area contributed by atoms with Gasteiger partial charge in [0.2, 0.25) is 0 Å². The monoisotopic (exact) mass is 420 g/mol. The van der Waals surface area contributed by atoms with E-state index >= 15 is 0 Å². The van der Waals surface area contributed by atoms with E-state index in [0.717, 1.165) is 0 Å². The second kappa shape index (κ2) is 14.1. The highest BCUT2D eigenvalue weighted by atomic mass is 19.4. The summed E-state index contributed by atoms with van der Waals surface area (Å²) in [7, 11) is 0. The minimum Gasteiger partial charge on any atom is -0.481 e. The van der Waals surface area contributed by atoms with Gasteiger partial charge in [0.1, 0.15) is 0 Å². The van der Waals surface area contributed by atoms with Crippen molar-refractivity contribution in [3.8, 4) is 0 Å². The van der Waals surface area contributed by atoms with Gasteiger partial charge >= 0.3 is 12.1 Å². The Morgan fingerprint density at radius 3 is 2.10 bits per heavy atom. The highest BCUT2D eigenvalue weighted by Crippen LogP contribution is 2.23. The van der Waals surface area contributed by atoms with Gasteiger partial charge in [0.25, 0.3) is 0 Å². The van der Waals surface area contributed by atoms with Gasteiger partial charge in [0.05, 0.1) is 17.8 Å². The molecule has 4 N–H and O–H groups in total. The Hall–Kier alpha value is -1.90. The number of allylic oxidation sites excluding steroid dienone is 6. The molecule has 0 fully saturated rings. The minimum absolute atomic E-state index is 0.00298. The predicted octanol–water partition coefficient (Wildman–Crippen LogP) is 4.06. The van der Waals surface area contributed by atoms with Crippen LogP contribution < -0.4 is 0 Å². The first-order chi connectivity index (χ1) is 13.4. The lowest BCUT2D eigenvalue weighted by molar-refractivity contribution is -0.137. The lowest BCUT2D eigenvalue weighted by Crippen LogP contribution is -2.23.